The smallest absolute Gasteiger partial charge is 0.161 e. The first-order chi connectivity index (χ1) is 9.81. The fourth-order valence-corrected chi connectivity index (χ4v) is 1.98. The Morgan fingerprint density at radius 2 is 1.86 bits per heavy atom. The number of methoxy groups -OCH3 is 1. The Kier molecular flexibility index (Phi) is 7.03. The predicted molar refractivity (Wildman–Crippen MR) is 89.2 cm³/mol. The summed E-state index contributed by atoms with van der Waals surface area (Å²) in [4.78, 5) is 0. The van der Waals surface area contributed by atoms with Crippen molar-refractivity contribution in [3.05, 3.63) is 23.8 Å². The fraction of sp³-hybridized carbons (Fsp3) is 0.667. The molecular weight excluding hydrogens is 262 g/mol. The van der Waals surface area contributed by atoms with Crippen LogP contribution in [0.5, 0.6) is 11.5 Å². The van der Waals surface area contributed by atoms with Crippen molar-refractivity contribution in [1.82, 2.24) is 5.32 Å². The number of ether oxygens (including phenoxy) is 2. The van der Waals surface area contributed by atoms with Crippen molar-refractivity contribution in [3.8, 4) is 11.5 Å². The average Bonchev–Trinajstić information content (AvgIpc) is 2.40. The van der Waals surface area contributed by atoms with Gasteiger partial charge in [0.2, 0.25) is 0 Å². The lowest BCUT2D eigenvalue weighted by molar-refractivity contribution is 0.279. The van der Waals surface area contributed by atoms with Gasteiger partial charge in [0.05, 0.1) is 13.7 Å². The molecular formula is C18H31NO2. The Morgan fingerprint density at radius 1 is 1.14 bits per heavy atom. The molecule has 0 aromatic heterocycles. The van der Waals surface area contributed by atoms with E-state index in [1.165, 1.54) is 12.0 Å². The third-order valence-corrected chi connectivity index (χ3v) is 3.23. The average molecular weight is 293 g/mol. The van der Waals surface area contributed by atoms with Crippen molar-refractivity contribution < 1.29 is 9.47 Å². The Labute approximate surface area is 130 Å². The zero-order valence-electron chi connectivity index (χ0n) is 14.5. The van der Waals surface area contributed by atoms with Gasteiger partial charge in [0, 0.05) is 12.1 Å². The van der Waals surface area contributed by atoms with Crippen molar-refractivity contribution in [2.75, 3.05) is 13.7 Å². The van der Waals surface area contributed by atoms with Crippen LogP contribution in [-0.4, -0.2) is 19.3 Å². The van der Waals surface area contributed by atoms with E-state index in [0.29, 0.717) is 0 Å². The Morgan fingerprint density at radius 3 is 2.43 bits per heavy atom. The molecule has 0 unspecified atom stereocenters. The van der Waals surface area contributed by atoms with E-state index in [0.717, 1.165) is 37.0 Å². The zero-order chi connectivity index (χ0) is 15.9. The first-order valence-electron chi connectivity index (χ1n) is 7.86. The zero-order valence-corrected chi connectivity index (χ0v) is 14.5. The third kappa shape index (κ3) is 7.37. The SMILES string of the molecule is COc1ccc(CNC(C)(C)C)cc1OCCCC(C)C. The van der Waals surface area contributed by atoms with Gasteiger partial charge in [0.1, 0.15) is 0 Å². The molecule has 1 rings (SSSR count). The third-order valence-electron chi connectivity index (χ3n) is 3.23. The molecule has 1 aromatic rings. The number of rotatable bonds is 8. The van der Waals surface area contributed by atoms with Crippen LogP contribution in [0.25, 0.3) is 0 Å². The molecule has 0 amide bonds. The first kappa shape index (κ1) is 17.8. The van der Waals surface area contributed by atoms with E-state index in [4.69, 9.17) is 9.47 Å². The van der Waals surface area contributed by atoms with Gasteiger partial charge in [-0.3, -0.25) is 0 Å². The highest BCUT2D eigenvalue weighted by Gasteiger charge is 2.10. The van der Waals surface area contributed by atoms with Crippen LogP contribution in [0.1, 0.15) is 53.0 Å². The first-order valence-corrected chi connectivity index (χ1v) is 7.86. The molecule has 0 atom stereocenters. The van der Waals surface area contributed by atoms with Gasteiger partial charge in [-0.1, -0.05) is 19.9 Å². The molecule has 1 N–H and O–H groups in total. The van der Waals surface area contributed by atoms with Crippen LogP contribution in [-0.2, 0) is 6.54 Å². The van der Waals surface area contributed by atoms with Gasteiger partial charge in [-0.2, -0.15) is 0 Å². The lowest BCUT2D eigenvalue weighted by Crippen LogP contribution is -2.35. The maximum atomic E-state index is 5.90. The van der Waals surface area contributed by atoms with E-state index in [9.17, 15) is 0 Å². The number of benzene rings is 1. The normalized spacial score (nSPS) is 11.8. The Bertz CT molecular complexity index is 422. The quantitative estimate of drug-likeness (QED) is 0.721. The standard InChI is InChI=1S/C18H31NO2/c1-14(2)8-7-11-21-17-12-15(9-10-16(17)20-6)13-19-18(3,4)5/h9-10,12,14,19H,7-8,11,13H2,1-6H3. The van der Waals surface area contributed by atoms with Gasteiger partial charge in [-0.15, -0.1) is 0 Å². The Hall–Kier alpha value is -1.22. The largest absolute Gasteiger partial charge is 0.493 e. The summed E-state index contributed by atoms with van der Waals surface area (Å²) in [5, 5.41) is 3.49. The van der Waals surface area contributed by atoms with Crippen LogP contribution in [0.15, 0.2) is 18.2 Å². The molecule has 0 saturated heterocycles. The van der Waals surface area contributed by atoms with Crippen LogP contribution in [0.4, 0.5) is 0 Å². The van der Waals surface area contributed by atoms with Crippen LogP contribution in [0.2, 0.25) is 0 Å². The van der Waals surface area contributed by atoms with Crippen molar-refractivity contribution in [3.63, 3.8) is 0 Å². The van der Waals surface area contributed by atoms with E-state index < -0.39 is 0 Å². The lowest BCUT2D eigenvalue weighted by atomic mass is 10.1. The summed E-state index contributed by atoms with van der Waals surface area (Å²) in [5.41, 5.74) is 1.32. The second-order valence-corrected chi connectivity index (χ2v) is 6.97. The van der Waals surface area contributed by atoms with Crippen molar-refractivity contribution >= 4 is 0 Å². The van der Waals surface area contributed by atoms with Crippen molar-refractivity contribution in [1.29, 1.82) is 0 Å². The van der Waals surface area contributed by atoms with Gasteiger partial charge in [-0.25, -0.2) is 0 Å². The van der Waals surface area contributed by atoms with Crippen molar-refractivity contribution in [2.45, 2.75) is 59.5 Å². The van der Waals surface area contributed by atoms with E-state index in [1.807, 2.05) is 6.07 Å². The summed E-state index contributed by atoms with van der Waals surface area (Å²) < 4.78 is 11.3. The summed E-state index contributed by atoms with van der Waals surface area (Å²) in [6.07, 6.45) is 2.26. The highest BCUT2D eigenvalue weighted by atomic mass is 16.5. The van der Waals surface area contributed by atoms with Crippen molar-refractivity contribution in [2.24, 2.45) is 5.92 Å². The van der Waals surface area contributed by atoms with Gasteiger partial charge in [0.15, 0.2) is 11.5 Å². The maximum absolute atomic E-state index is 5.90. The van der Waals surface area contributed by atoms with Gasteiger partial charge in [-0.05, 0) is 57.2 Å². The summed E-state index contributed by atoms with van der Waals surface area (Å²) in [6.45, 7) is 12.5. The monoisotopic (exact) mass is 293 g/mol. The summed E-state index contributed by atoms with van der Waals surface area (Å²) >= 11 is 0. The minimum absolute atomic E-state index is 0.109. The second kappa shape index (κ2) is 8.28. The molecule has 0 radical (unpaired) electrons. The molecule has 21 heavy (non-hydrogen) atoms. The lowest BCUT2D eigenvalue weighted by Gasteiger charge is -2.21. The molecule has 0 spiro atoms. The molecule has 120 valence electrons. The Balaban J connectivity index is 2.62. The predicted octanol–water partition coefficient (Wildman–Crippen LogP) is 4.40. The molecule has 3 heteroatoms. The number of hydrogen-bond acceptors (Lipinski definition) is 3. The summed E-state index contributed by atoms with van der Waals surface area (Å²) in [6, 6.07) is 6.14. The molecule has 0 aliphatic rings. The molecule has 0 bridgehead atoms. The van der Waals surface area contributed by atoms with Gasteiger partial charge in [0.25, 0.3) is 0 Å². The van der Waals surface area contributed by atoms with Gasteiger partial charge >= 0.3 is 0 Å². The minimum atomic E-state index is 0.109. The molecule has 0 heterocycles. The van der Waals surface area contributed by atoms with Crippen LogP contribution >= 0.6 is 0 Å². The van der Waals surface area contributed by atoms with E-state index in [-0.39, 0.29) is 5.54 Å². The molecule has 0 aliphatic carbocycles. The van der Waals surface area contributed by atoms with E-state index in [2.05, 4.69) is 52.1 Å². The molecule has 1 aromatic carbocycles. The number of hydrogen-bond donors (Lipinski definition) is 1. The molecule has 0 saturated carbocycles. The minimum Gasteiger partial charge on any atom is -0.493 e. The summed E-state index contributed by atoms with van der Waals surface area (Å²) in [7, 11) is 1.68. The highest BCUT2D eigenvalue weighted by molar-refractivity contribution is 5.43. The topological polar surface area (TPSA) is 30.5 Å². The molecule has 0 fully saturated rings. The van der Waals surface area contributed by atoms with Crippen LogP contribution in [0, 0.1) is 5.92 Å². The number of nitrogens with one attached hydrogen (secondary N) is 1. The van der Waals surface area contributed by atoms with E-state index in [1.54, 1.807) is 7.11 Å². The van der Waals surface area contributed by atoms with Crippen LogP contribution in [0.3, 0.4) is 0 Å². The molecule has 0 aliphatic heterocycles. The maximum Gasteiger partial charge on any atom is 0.161 e. The van der Waals surface area contributed by atoms with E-state index >= 15 is 0 Å². The highest BCUT2D eigenvalue weighted by Crippen LogP contribution is 2.28. The van der Waals surface area contributed by atoms with Crippen LogP contribution < -0.4 is 14.8 Å². The van der Waals surface area contributed by atoms with Gasteiger partial charge < -0.3 is 14.8 Å². The fourth-order valence-electron chi connectivity index (χ4n) is 1.98. The second-order valence-electron chi connectivity index (χ2n) is 6.97. The summed E-state index contributed by atoms with van der Waals surface area (Å²) in [5.74, 6) is 2.37. The molecule has 3 nitrogen and oxygen atoms in total.